The van der Waals surface area contributed by atoms with Gasteiger partial charge in [0.15, 0.2) is 5.82 Å². The van der Waals surface area contributed by atoms with Crippen LogP contribution in [0.4, 0.5) is 0 Å². The molecule has 1 saturated carbocycles. The normalized spacial score (nSPS) is 14.5. The molecule has 1 aliphatic carbocycles. The third-order valence-corrected chi connectivity index (χ3v) is 7.48. The molecule has 5 rings (SSSR count). The summed E-state index contributed by atoms with van der Waals surface area (Å²) in [6, 6.07) is 8.14. The fourth-order valence-corrected chi connectivity index (χ4v) is 5.13. The molecule has 33 heavy (non-hydrogen) atoms. The van der Waals surface area contributed by atoms with Gasteiger partial charge in [0, 0.05) is 60.3 Å². The van der Waals surface area contributed by atoms with Crippen molar-refractivity contribution in [2.24, 2.45) is 7.05 Å². The molecule has 1 N–H and O–H groups in total. The molecule has 0 atom stereocenters. The molecule has 4 aromatic rings. The third-order valence-electron chi connectivity index (χ3n) is 5.80. The maximum Gasteiger partial charge on any atom is 0.159 e. The lowest BCUT2D eigenvalue weighted by Gasteiger charge is -2.19. The van der Waals surface area contributed by atoms with E-state index in [0.29, 0.717) is 5.82 Å². The second kappa shape index (κ2) is 10.1. The van der Waals surface area contributed by atoms with Crippen LogP contribution < -0.4 is 0 Å². The van der Waals surface area contributed by atoms with Gasteiger partial charge in [-0.1, -0.05) is 37.5 Å². The summed E-state index contributed by atoms with van der Waals surface area (Å²) < 4.78 is 23.8. The molecule has 1 aliphatic rings. The van der Waals surface area contributed by atoms with Crippen molar-refractivity contribution in [2.45, 2.75) is 37.4 Å². The number of aryl methyl sites for hydroxylation is 1. The van der Waals surface area contributed by atoms with Crippen molar-refractivity contribution in [1.29, 1.82) is 0 Å². The number of aromatic amines is 1. The monoisotopic (exact) mass is 464 g/mol. The van der Waals surface area contributed by atoms with E-state index in [1.165, 1.54) is 12.7 Å². The highest BCUT2D eigenvalue weighted by molar-refractivity contribution is 7.91. The van der Waals surface area contributed by atoms with Crippen molar-refractivity contribution >= 4 is 9.84 Å². The topological polar surface area (TPSA) is 106 Å². The fraction of sp³-hybridized carbons (Fsp3) is 0.333. The van der Waals surface area contributed by atoms with E-state index < -0.39 is 9.84 Å². The molecule has 0 amide bonds. The Hall–Kier alpha value is -3.33. The van der Waals surface area contributed by atoms with Gasteiger partial charge in [-0.25, -0.2) is 18.4 Å². The average Bonchev–Trinajstić information content (AvgIpc) is 3.52. The van der Waals surface area contributed by atoms with Crippen LogP contribution in [0.3, 0.4) is 0 Å². The summed E-state index contributed by atoms with van der Waals surface area (Å²) in [5.41, 5.74) is 5.05. The summed E-state index contributed by atoms with van der Waals surface area (Å²) in [5, 5.41) is 10.9. The summed E-state index contributed by atoms with van der Waals surface area (Å²) in [4.78, 5) is 8.94. The van der Waals surface area contributed by atoms with E-state index in [4.69, 9.17) is 0 Å². The number of nitrogens with one attached hydrogen (secondary N) is 1. The number of nitrogens with zero attached hydrogens (tertiary/aromatic N) is 5. The first-order valence-electron chi connectivity index (χ1n) is 11.0. The first-order valence-corrected chi connectivity index (χ1v) is 12.9. The van der Waals surface area contributed by atoms with Gasteiger partial charge in [-0.05, 0) is 24.5 Å². The Labute approximate surface area is 194 Å². The van der Waals surface area contributed by atoms with Crippen molar-refractivity contribution in [3.8, 4) is 33.6 Å². The van der Waals surface area contributed by atoms with Gasteiger partial charge in [0.2, 0.25) is 0 Å². The Morgan fingerprint density at radius 2 is 1.64 bits per heavy atom. The lowest BCUT2D eigenvalue weighted by atomic mass is 10.0. The maximum absolute atomic E-state index is 11.0. The fourth-order valence-electron chi connectivity index (χ4n) is 3.94. The maximum atomic E-state index is 11.0. The van der Waals surface area contributed by atoms with Gasteiger partial charge in [-0.2, -0.15) is 10.2 Å². The van der Waals surface area contributed by atoms with Crippen LogP contribution in [0.25, 0.3) is 33.6 Å². The van der Waals surface area contributed by atoms with Gasteiger partial charge < -0.3 is 0 Å². The van der Waals surface area contributed by atoms with Crippen molar-refractivity contribution in [3.63, 3.8) is 0 Å². The molecule has 3 aromatic heterocycles. The molecule has 1 aromatic carbocycles. The third kappa shape index (κ3) is 5.92. The Bertz CT molecular complexity index is 1270. The quantitative estimate of drug-likeness (QED) is 0.483. The zero-order valence-corrected chi connectivity index (χ0v) is 19.7. The van der Waals surface area contributed by atoms with Crippen LogP contribution in [-0.4, -0.2) is 49.9 Å². The van der Waals surface area contributed by atoms with Gasteiger partial charge in [-0.15, -0.1) is 0 Å². The first kappa shape index (κ1) is 22.8. The van der Waals surface area contributed by atoms with E-state index in [2.05, 4.69) is 37.4 Å². The van der Waals surface area contributed by atoms with Crippen molar-refractivity contribution in [2.75, 3.05) is 6.26 Å². The summed E-state index contributed by atoms with van der Waals surface area (Å²) in [6.07, 6.45) is 17.6. The molecule has 0 spiro atoms. The molecular formula is C24H28N6O2S. The molecular weight excluding hydrogens is 436 g/mol. The number of hydrogen-bond donors (Lipinski definition) is 1. The van der Waals surface area contributed by atoms with E-state index in [1.807, 2.05) is 50.2 Å². The smallest absolute Gasteiger partial charge is 0.159 e. The molecule has 1 fully saturated rings. The summed E-state index contributed by atoms with van der Waals surface area (Å²) in [5.74, 6) is 0.697. The van der Waals surface area contributed by atoms with Crippen LogP contribution in [-0.2, 0) is 16.9 Å². The average molecular weight is 465 g/mol. The number of benzene rings is 1. The molecule has 0 saturated heterocycles. The Balaban J connectivity index is 0.000000219. The SMILES string of the molecule is CS(=O)(=O)C1CCCCC1.Cn1cc(-c2cccc(-c3ncc(-c4cn[nH]c4)cn3)c2)cn1. The van der Waals surface area contributed by atoms with Gasteiger partial charge in [0.25, 0.3) is 0 Å². The van der Waals surface area contributed by atoms with E-state index in [1.54, 1.807) is 10.9 Å². The van der Waals surface area contributed by atoms with Gasteiger partial charge in [0.1, 0.15) is 9.84 Å². The highest BCUT2D eigenvalue weighted by atomic mass is 32.2. The highest BCUT2D eigenvalue weighted by Crippen LogP contribution is 2.25. The zero-order chi connectivity index (χ0) is 23.3. The van der Waals surface area contributed by atoms with Crippen molar-refractivity contribution in [1.82, 2.24) is 29.9 Å². The number of H-pyrrole nitrogens is 1. The van der Waals surface area contributed by atoms with Crippen molar-refractivity contribution in [3.05, 3.63) is 61.4 Å². The lowest BCUT2D eigenvalue weighted by Crippen LogP contribution is -2.22. The second-order valence-electron chi connectivity index (χ2n) is 8.36. The Morgan fingerprint density at radius 3 is 2.21 bits per heavy atom. The van der Waals surface area contributed by atoms with Crippen LogP contribution in [0, 0.1) is 0 Å². The van der Waals surface area contributed by atoms with E-state index in [-0.39, 0.29) is 5.25 Å². The Morgan fingerprint density at radius 1 is 0.909 bits per heavy atom. The summed E-state index contributed by atoms with van der Waals surface area (Å²) >= 11 is 0. The first-order chi connectivity index (χ1) is 15.9. The van der Waals surface area contributed by atoms with Crippen LogP contribution in [0.5, 0.6) is 0 Å². The van der Waals surface area contributed by atoms with Crippen LogP contribution >= 0.6 is 0 Å². The second-order valence-corrected chi connectivity index (χ2v) is 10.7. The molecule has 172 valence electrons. The molecule has 0 bridgehead atoms. The summed E-state index contributed by atoms with van der Waals surface area (Å²) in [6.45, 7) is 0. The standard InChI is InChI=1S/C17H14N6.C7H14O2S/c1-23-11-16(10-22-23)12-3-2-4-13(5-12)17-18-6-14(7-19-17)15-8-20-21-9-15;1-10(8,9)7-5-3-2-4-6-7/h2-11H,1H3,(H,20,21);7H,2-6H2,1H3. The number of hydrogen-bond acceptors (Lipinski definition) is 6. The molecule has 0 aliphatic heterocycles. The van der Waals surface area contributed by atoms with Crippen LogP contribution in [0.15, 0.2) is 61.4 Å². The van der Waals surface area contributed by atoms with E-state index >= 15 is 0 Å². The van der Waals surface area contributed by atoms with Gasteiger partial charge in [0.05, 0.1) is 17.6 Å². The van der Waals surface area contributed by atoms with Crippen molar-refractivity contribution < 1.29 is 8.42 Å². The van der Waals surface area contributed by atoms with E-state index in [9.17, 15) is 8.42 Å². The molecule has 3 heterocycles. The Kier molecular flexibility index (Phi) is 6.98. The highest BCUT2D eigenvalue weighted by Gasteiger charge is 2.22. The number of aromatic nitrogens is 6. The van der Waals surface area contributed by atoms with Gasteiger partial charge >= 0.3 is 0 Å². The zero-order valence-electron chi connectivity index (χ0n) is 18.8. The molecule has 8 nitrogen and oxygen atoms in total. The van der Waals surface area contributed by atoms with Gasteiger partial charge in [-0.3, -0.25) is 9.78 Å². The van der Waals surface area contributed by atoms with E-state index in [0.717, 1.165) is 53.5 Å². The molecule has 0 radical (unpaired) electrons. The number of sulfone groups is 1. The minimum atomic E-state index is -2.73. The predicted molar refractivity (Wildman–Crippen MR) is 129 cm³/mol. The minimum absolute atomic E-state index is 0.0266. The predicted octanol–water partition coefficient (Wildman–Crippen LogP) is 4.30. The van der Waals surface area contributed by atoms with Crippen LogP contribution in [0.1, 0.15) is 32.1 Å². The summed E-state index contributed by atoms with van der Waals surface area (Å²) in [7, 11) is -0.818. The number of rotatable bonds is 4. The largest absolute Gasteiger partial charge is 0.285 e. The van der Waals surface area contributed by atoms with Crippen LogP contribution in [0.2, 0.25) is 0 Å². The molecule has 9 heteroatoms. The molecule has 0 unspecified atom stereocenters. The lowest BCUT2D eigenvalue weighted by molar-refractivity contribution is 0.486. The minimum Gasteiger partial charge on any atom is -0.285 e.